The van der Waals surface area contributed by atoms with Crippen LogP contribution in [-0.2, 0) is 40.3 Å². The zero-order chi connectivity index (χ0) is 13.0. The third kappa shape index (κ3) is 15.6. The largest absolute Gasteiger partial charge is 0.322 e. The van der Waals surface area contributed by atoms with Crippen molar-refractivity contribution in [1.29, 1.82) is 0 Å². The zero-order valence-corrected chi connectivity index (χ0v) is 17.5. The quantitative estimate of drug-likeness (QED) is 0.219. The molecular weight excluding hydrogens is 337 g/mol. The van der Waals surface area contributed by atoms with Gasteiger partial charge in [0.1, 0.15) is 0 Å². The van der Waals surface area contributed by atoms with Gasteiger partial charge >= 0.3 is 0 Å². The Morgan fingerprint density at radius 3 is 1.83 bits per heavy atom. The van der Waals surface area contributed by atoms with Gasteiger partial charge in [-0.1, -0.05) is 64.6 Å². The van der Waals surface area contributed by atoms with Crippen LogP contribution in [0.3, 0.4) is 0 Å². The average Bonchev–Trinajstić information content (AvgIpc) is 2.28. The molecule has 0 heterocycles. The van der Waals surface area contributed by atoms with E-state index < -0.39 is 5.69 Å². The summed E-state index contributed by atoms with van der Waals surface area (Å²) >= 11 is 9.51. The van der Waals surface area contributed by atoms with Crippen molar-refractivity contribution in [3.63, 3.8) is 0 Å². The van der Waals surface area contributed by atoms with Crippen LogP contribution in [0.5, 0.6) is 0 Å². The first-order chi connectivity index (χ1) is 8.12. The maximum Gasteiger partial charge on any atom is 0.244 e. The summed E-state index contributed by atoms with van der Waals surface area (Å²) in [6.07, 6.45) is 9.68. The van der Waals surface area contributed by atoms with Crippen molar-refractivity contribution >= 4 is 29.7 Å². The van der Waals surface area contributed by atoms with E-state index in [-0.39, 0.29) is 19.5 Å². The summed E-state index contributed by atoms with van der Waals surface area (Å²) in [7, 11) is 0. The molecule has 0 radical (unpaired) electrons. The smallest absolute Gasteiger partial charge is 0.244 e. The van der Waals surface area contributed by atoms with Gasteiger partial charge in [0.15, 0.2) is 0 Å². The SMILES string of the molecule is CCCCCCCCOP(=S)(S)OCCCC.[Zn]. The van der Waals surface area contributed by atoms with Crippen molar-refractivity contribution in [3.8, 4) is 0 Å². The van der Waals surface area contributed by atoms with Crippen LogP contribution in [0.15, 0.2) is 0 Å². The Morgan fingerprint density at radius 1 is 0.833 bits per heavy atom. The molecule has 0 N–H and O–H groups in total. The molecule has 18 heavy (non-hydrogen) atoms. The Hall–Kier alpha value is 1.54. The van der Waals surface area contributed by atoms with Crippen molar-refractivity contribution in [2.24, 2.45) is 0 Å². The van der Waals surface area contributed by atoms with Crippen LogP contribution < -0.4 is 0 Å². The van der Waals surface area contributed by atoms with Crippen molar-refractivity contribution in [2.75, 3.05) is 13.2 Å². The Balaban J connectivity index is 0. The van der Waals surface area contributed by atoms with E-state index in [1.807, 2.05) is 0 Å². The molecule has 106 valence electrons. The number of rotatable bonds is 12. The number of hydrogen-bond acceptors (Lipinski definition) is 3. The molecule has 0 spiro atoms. The summed E-state index contributed by atoms with van der Waals surface area (Å²) in [5.41, 5.74) is -2.26. The van der Waals surface area contributed by atoms with Gasteiger partial charge in [0.2, 0.25) is 5.69 Å². The Bertz CT molecular complexity index is 218. The summed E-state index contributed by atoms with van der Waals surface area (Å²) in [6, 6.07) is 0. The molecule has 0 aliphatic carbocycles. The molecule has 0 aromatic carbocycles. The van der Waals surface area contributed by atoms with Crippen LogP contribution in [-0.4, -0.2) is 13.2 Å². The summed E-state index contributed by atoms with van der Waals surface area (Å²) in [6.45, 7) is 5.73. The van der Waals surface area contributed by atoms with E-state index in [9.17, 15) is 0 Å². The molecule has 0 saturated carbocycles. The maximum absolute atomic E-state index is 5.55. The van der Waals surface area contributed by atoms with Crippen molar-refractivity contribution in [1.82, 2.24) is 0 Å². The van der Waals surface area contributed by atoms with Crippen LogP contribution >= 0.6 is 17.9 Å². The van der Waals surface area contributed by atoms with Gasteiger partial charge in [-0.3, -0.25) is 0 Å². The molecule has 0 rings (SSSR count). The average molecular weight is 364 g/mol. The van der Waals surface area contributed by atoms with Crippen molar-refractivity contribution in [2.45, 2.75) is 65.2 Å². The fourth-order valence-corrected chi connectivity index (χ4v) is 3.16. The van der Waals surface area contributed by atoms with E-state index in [0.29, 0.717) is 13.2 Å². The fraction of sp³-hybridized carbons (Fsp3) is 1.00. The second-order valence-electron chi connectivity index (χ2n) is 4.26. The molecular formula is C12H27O2PS2Zn. The van der Waals surface area contributed by atoms with Crippen LogP contribution in [0.25, 0.3) is 0 Å². The van der Waals surface area contributed by atoms with Gasteiger partial charge in [-0.05, 0) is 24.6 Å². The molecule has 0 aliphatic heterocycles. The van der Waals surface area contributed by atoms with Gasteiger partial charge in [-0.15, -0.1) is 0 Å². The van der Waals surface area contributed by atoms with Crippen LogP contribution in [0.2, 0.25) is 0 Å². The number of thiol groups is 1. The topological polar surface area (TPSA) is 18.5 Å². The normalized spacial score (nSPS) is 13.9. The molecule has 0 fully saturated rings. The first-order valence-electron chi connectivity index (χ1n) is 6.74. The summed E-state index contributed by atoms with van der Waals surface area (Å²) < 4.78 is 11.0. The maximum atomic E-state index is 5.55. The molecule has 6 heteroatoms. The molecule has 0 aliphatic rings. The summed E-state index contributed by atoms with van der Waals surface area (Å²) in [5.74, 6) is 0. The summed E-state index contributed by atoms with van der Waals surface area (Å²) in [4.78, 5) is 0. The third-order valence-corrected chi connectivity index (χ3v) is 4.85. The Labute approximate surface area is 136 Å². The minimum atomic E-state index is -2.26. The van der Waals surface area contributed by atoms with Gasteiger partial charge < -0.3 is 9.05 Å². The van der Waals surface area contributed by atoms with E-state index in [2.05, 4.69) is 26.1 Å². The van der Waals surface area contributed by atoms with Gasteiger partial charge in [-0.2, -0.15) is 0 Å². The van der Waals surface area contributed by atoms with Crippen molar-refractivity contribution < 1.29 is 28.5 Å². The first-order valence-corrected chi connectivity index (χ1v) is 10.5. The molecule has 0 saturated heterocycles. The van der Waals surface area contributed by atoms with Crippen LogP contribution in [0.4, 0.5) is 0 Å². The molecule has 2 nitrogen and oxygen atoms in total. The predicted octanol–water partition coefficient (Wildman–Crippen LogP) is 5.33. The monoisotopic (exact) mass is 362 g/mol. The van der Waals surface area contributed by atoms with Gasteiger partial charge in [-0.25, -0.2) is 0 Å². The fourth-order valence-electron chi connectivity index (χ4n) is 1.42. The van der Waals surface area contributed by atoms with Gasteiger partial charge in [0.05, 0.1) is 13.2 Å². The standard InChI is InChI=1S/C12H27O2PS2.Zn/c1-3-5-7-8-9-10-12-14-15(16,17)13-11-6-4-2;/h3-12H2,1-2H3,(H,16,17);. The molecule has 0 amide bonds. The predicted molar refractivity (Wildman–Crippen MR) is 83.5 cm³/mol. The molecule has 0 aromatic rings. The molecule has 1 unspecified atom stereocenters. The molecule has 0 bridgehead atoms. The second-order valence-corrected chi connectivity index (χ2v) is 9.54. The Morgan fingerprint density at radius 2 is 1.28 bits per heavy atom. The van der Waals surface area contributed by atoms with Gasteiger partial charge in [0.25, 0.3) is 0 Å². The molecule has 1 atom stereocenters. The third-order valence-electron chi connectivity index (χ3n) is 2.50. The Kier molecular flexibility index (Phi) is 18.1. The van der Waals surface area contributed by atoms with E-state index in [4.69, 9.17) is 20.9 Å². The van der Waals surface area contributed by atoms with E-state index in [1.165, 1.54) is 32.1 Å². The minimum Gasteiger partial charge on any atom is -0.322 e. The van der Waals surface area contributed by atoms with Crippen LogP contribution in [0.1, 0.15) is 65.2 Å². The zero-order valence-electron chi connectivity index (χ0n) is 11.9. The van der Waals surface area contributed by atoms with E-state index >= 15 is 0 Å². The molecule has 0 aromatic heterocycles. The number of unbranched alkanes of at least 4 members (excludes halogenated alkanes) is 6. The van der Waals surface area contributed by atoms with Crippen LogP contribution in [0, 0.1) is 0 Å². The summed E-state index contributed by atoms with van der Waals surface area (Å²) in [5, 5.41) is 0. The minimum absolute atomic E-state index is 0. The van der Waals surface area contributed by atoms with E-state index in [0.717, 1.165) is 19.3 Å². The van der Waals surface area contributed by atoms with Crippen molar-refractivity contribution in [3.05, 3.63) is 0 Å². The number of hydrogen-bond donors (Lipinski definition) is 1. The second kappa shape index (κ2) is 14.9. The van der Waals surface area contributed by atoms with Gasteiger partial charge in [0, 0.05) is 19.5 Å². The van der Waals surface area contributed by atoms with E-state index in [1.54, 1.807) is 0 Å². The first kappa shape index (κ1) is 21.8.